The Hall–Kier alpha value is -2.96. The lowest BCUT2D eigenvalue weighted by molar-refractivity contribution is -0.126. The fourth-order valence-corrected chi connectivity index (χ4v) is 4.27. The second-order valence-corrected chi connectivity index (χ2v) is 8.11. The Morgan fingerprint density at radius 1 is 1.10 bits per heavy atom. The number of carbonyl (C=O) groups is 1. The molecule has 1 aliphatic heterocycles. The summed E-state index contributed by atoms with van der Waals surface area (Å²) < 4.78 is 7.42. The quantitative estimate of drug-likeness (QED) is 0.620. The second-order valence-electron chi connectivity index (χ2n) is 8.11. The normalized spacial score (nSPS) is 16.2. The number of piperidine rings is 1. The highest BCUT2D eigenvalue weighted by molar-refractivity contribution is 5.94. The number of nitrogens with one attached hydrogen (secondary N) is 1. The second kappa shape index (κ2) is 9.90. The summed E-state index contributed by atoms with van der Waals surface area (Å²) in [6.07, 6.45) is 3.10. The summed E-state index contributed by atoms with van der Waals surface area (Å²) >= 11 is 0. The molecule has 0 bridgehead atoms. The zero-order valence-electron chi connectivity index (χ0n) is 18.2. The molecule has 6 heteroatoms. The molecule has 1 unspecified atom stereocenters. The molecule has 1 N–H and O–H groups in total. The van der Waals surface area contributed by atoms with Gasteiger partial charge in [0.2, 0.25) is 0 Å². The van der Waals surface area contributed by atoms with Crippen molar-refractivity contribution in [1.82, 2.24) is 14.7 Å². The van der Waals surface area contributed by atoms with E-state index >= 15 is 0 Å². The largest absolute Gasteiger partial charge is 0.367 e. The van der Waals surface area contributed by atoms with Gasteiger partial charge in [0.05, 0.1) is 12.2 Å². The number of methoxy groups -OCH3 is 1. The van der Waals surface area contributed by atoms with Crippen molar-refractivity contribution in [2.45, 2.75) is 38.5 Å². The van der Waals surface area contributed by atoms with Crippen LogP contribution < -0.4 is 5.32 Å². The first kappa shape index (κ1) is 21.3. The molecule has 162 valence electrons. The summed E-state index contributed by atoms with van der Waals surface area (Å²) in [5, 5.41) is 7.54. The molecule has 1 atom stereocenters. The van der Waals surface area contributed by atoms with Crippen molar-refractivity contribution in [1.29, 1.82) is 0 Å². The molecule has 6 nitrogen and oxygen atoms in total. The zero-order valence-corrected chi connectivity index (χ0v) is 18.2. The highest BCUT2D eigenvalue weighted by atomic mass is 16.5. The number of hydrogen-bond donors (Lipinski definition) is 1. The SMILES string of the molecule is COC(C(=O)Nc1ccnn1C1CCN(Cc2ccccc2C)CC1)c1ccccc1. The monoisotopic (exact) mass is 418 g/mol. The maximum atomic E-state index is 12.9. The van der Waals surface area contributed by atoms with Crippen molar-refractivity contribution >= 4 is 11.7 Å². The molecule has 1 aliphatic rings. The number of nitrogens with zero attached hydrogens (tertiary/aromatic N) is 3. The summed E-state index contributed by atoms with van der Waals surface area (Å²) in [5.41, 5.74) is 3.56. The molecule has 3 aromatic rings. The molecule has 1 aromatic heterocycles. The van der Waals surface area contributed by atoms with Crippen LogP contribution in [0.3, 0.4) is 0 Å². The number of ether oxygens (including phenoxy) is 1. The van der Waals surface area contributed by atoms with Gasteiger partial charge in [-0.25, -0.2) is 4.68 Å². The van der Waals surface area contributed by atoms with Gasteiger partial charge in [0.25, 0.3) is 5.91 Å². The summed E-state index contributed by atoms with van der Waals surface area (Å²) in [6, 6.07) is 20.2. The van der Waals surface area contributed by atoms with Gasteiger partial charge in [-0.05, 0) is 36.5 Å². The van der Waals surface area contributed by atoms with Crippen molar-refractivity contribution in [3.63, 3.8) is 0 Å². The van der Waals surface area contributed by atoms with Crippen molar-refractivity contribution in [2.24, 2.45) is 0 Å². The van der Waals surface area contributed by atoms with E-state index in [1.807, 2.05) is 41.1 Å². The van der Waals surface area contributed by atoms with E-state index < -0.39 is 6.10 Å². The van der Waals surface area contributed by atoms with E-state index in [0.29, 0.717) is 0 Å². The standard InChI is InChI=1S/C25H30N4O2/c1-19-8-6-7-11-21(19)18-28-16-13-22(14-17-28)29-23(12-15-26-29)27-25(30)24(31-2)20-9-4-3-5-10-20/h3-12,15,22,24H,13-14,16-18H2,1-2H3,(H,27,30). The van der Waals surface area contributed by atoms with Crippen LogP contribution in [0, 0.1) is 6.92 Å². The Bertz CT molecular complexity index is 994. The summed E-state index contributed by atoms with van der Waals surface area (Å²) in [6.45, 7) is 5.17. The van der Waals surface area contributed by atoms with E-state index in [0.717, 1.165) is 43.9 Å². The van der Waals surface area contributed by atoms with E-state index in [1.54, 1.807) is 13.3 Å². The maximum absolute atomic E-state index is 12.9. The number of hydrogen-bond acceptors (Lipinski definition) is 4. The van der Waals surface area contributed by atoms with Crippen LogP contribution in [0.5, 0.6) is 0 Å². The van der Waals surface area contributed by atoms with Crippen LogP contribution in [0.4, 0.5) is 5.82 Å². The molecule has 4 rings (SSSR count). The number of carbonyl (C=O) groups excluding carboxylic acids is 1. The third-order valence-corrected chi connectivity index (χ3v) is 6.06. The Morgan fingerprint density at radius 2 is 1.81 bits per heavy atom. The number of likely N-dealkylation sites (tertiary alicyclic amines) is 1. The Balaban J connectivity index is 1.38. The van der Waals surface area contributed by atoms with Crippen LogP contribution in [0.15, 0.2) is 66.9 Å². The Kier molecular flexibility index (Phi) is 6.79. The molecular weight excluding hydrogens is 388 g/mol. The first-order valence-corrected chi connectivity index (χ1v) is 10.8. The highest BCUT2D eigenvalue weighted by Gasteiger charge is 2.25. The minimum absolute atomic E-state index is 0.188. The first-order valence-electron chi connectivity index (χ1n) is 10.8. The molecule has 1 saturated heterocycles. The Morgan fingerprint density at radius 3 is 2.52 bits per heavy atom. The van der Waals surface area contributed by atoms with Gasteiger partial charge in [-0.2, -0.15) is 5.10 Å². The average Bonchev–Trinajstić information content (AvgIpc) is 3.25. The van der Waals surface area contributed by atoms with Gasteiger partial charge >= 0.3 is 0 Å². The number of anilines is 1. The minimum atomic E-state index is -0.652. The van der Waals surface area contributed by atoms with Gasteiger partial charge in [-0.3, -0.25) is 9.69 Å². The molecular formula is C25H30N4O2. The van der Waals surface area contributed by atoms with Crippen molar-refractivity contribution < 1.29 is 9.53 Å². The van der Waals surface area contributed by atoms with Crippen molar-refractivity contribution in [3.8, 4) is 0 Å². The van der Waals surface area contributed by atoms with E-state index in [1.165, 1.54) is 11.1 Å². The van der Waals surface area contributed by atoms with Gasteiger partial charge in [0.15, 0.2) is 6.10 Å². The molecule has 0 aliphatic carbocycles. The van der Waals surface area contributed by atoms with Gasteiger partial charge in [0, 0.05) is 32.8 Å². The van der Waals surface area contributed by atoms with Crippen LogP contribution in [0.2, 0.25) is 0 Å². The van der Waals surface area contributed by atoms with Crippen LogP contribution >= 0.6 is 0 Å². The van der Waals surface area contributed by atoms with Gasteiger partial charge in [-0.1, -0.05) is 54.6 Å². The molecule has 0 radical (unpaired) electrons. The van der Waals surface area contributed by atoms with Gasteiger partial charge < -0.3 is 10.1 Å². The zero-order chi connectivity index (χ0) is 21.6. The molecule has 1 amide bonds. The fourth-order valence-electron chi connectivity index (χ4n) is 4.27. The van der Waals surface area contributed by atoms with Gasteiger partial charge in [0.1, 0.15) is 5.82 Å². The molecule has 0 saturated carbocycles. The fraction of sp³-hybridized carbons (Fsp3) is 0.360. The van der Waals surface area contributed by atoms with E-state index in [-0.39, 0.29) is 11.9 Å². The van der Waals surface area contributed by atoms with E-state index in [9.17, 15) is 4.79 Å². The molecule has 31 heavy (non-hydrogen) atoms. The number of amides is 1. The van der Waals surface area contributed by atoms with Gasteiger partial charge in [-0.15, -0.1) is 0 Å². The highest BCUT2D eigenvalue weighted by Crippen LogP contribution is 2.27. The average molecular weight is 419 g/mol. The summed E-state index contributed by atoms with van der Waals surface area (Å²) in [7, 11) is 1.55. The predicted molar refractivity (Wildman–Crippen MR) is 122 cm³/mol. The van der Waals surface area contributed by atoms with E-state index in [2.05, 4.69) is 46.5 Å². The van der Waals surface area contributed by atoms with Crippen molar-refractivity contribution in [3.05, 3.63) is 83.6 Å². The number of rotatable bonds is 7. The molecule has 2 heterocycles. The lowest BCUT2D eigenvalue weighted by atomic mass is 10.0. The maximum Gasteiger partial charge on any atom is 0.259 e. The lowest BCUT2D eigenvalue weighted by Gasteiger charge is -2.33. The summed E-state index contributed by atoms with van der Waals surface area (Å²) in [4.78, 5) is 15.4. The first-order chi connectivity index (χ1) is 15.2. The summed E-state index contributed by atoms with van der Waals surface area (Å²) in [5.74, 6) is 0.535. The van der Waals surface area contributed by atoms with Crippen LogP contribution in [0.25, 0.3) is 0 Å². The third-order valence-electron chi connectivity index (χ3n) is 6.06. The number of aromatic nitrogens is 2. The smallest absolute Gasteiger partial charge is 0.259 e. The topological polar surface area (TPSA) is 59.4 Å². The lowest BCUT2D eigenvalue weighted by Crippen LogP contribution is -2.35. The van der Waals surface area contributed by atoms with E-state index in [4.69, 9.17) is 4.74 Å². The predicted octanol–water partition coefficient (Wildman–Crippen LogP) is 4.35. The van der Waals surface area contributed by atoms with Crippen molar-refractivity contribution in [2.75, 3.05) is 25.5 Å². The minimum Gasteiger partial charge on any atom is -0.367 e. The van der Waals surface area contributed by atoms with Crippen LogP contribution in [-0.2, 0) is 16.1 Å². The molecule has 2 aromatic carbocycles. The molecule has 1 fully saturated rings. The molecule has 0 spiro atoms. The third kappa shape index (κ3) is 5.03. The number of benzene rings is 2. The Labute approximate surface area is 183 Å². The van der Waals surface area contributed by atoms with Crippen LogP contribution in [-0.4, -0.2) is 40.8 Å². The van der Waals surface area contributed by atoms with Crippen LogP contribution in [0.1, 0.15) is 41.7 Å². The number of aryl methyl sites for hydroxylation is 1.